The lowest BCUT2D eigenvalue weighted by Gasteiger charge is -2.22. The Hall–Kier alpha value is -0.870. The minimum atomic E-state index is -0.385. The van der Waals surface area contributed by atoms with Gasteiger partial charge in [-0.15, -0.1) is 11.8 Å². The molecule has 0 radical (unpaired) electrons. The monoisotopic (exact) mass is 241 g/mol. The lowest BCUT2D eigenvalue weighted by Crippen LogP contribution is -2.28. The normalized spacial score (nSPS) is 11.4. The molecule has 0 aliphatic heterocycles. The first kappa shape index (κ1) is 13.2. The van der Waals surface area contributed by atoms with Crippen LogP contribution in [-0.4, -0.2) is 20.5 Å². The largest absolute Gasteiger partial charge is 0.493 e. The summed E-state index contributed by atoms with van der Waals surface area (Å²) in [4.78, 5) is 1.04. The summed E-state index contributed by atoms with van der Waals surface area (Å²) < 4.78 is 10.7. The van der Waals surface area contributed by atoms with Gasteiger partial charge in [0.05, 0.1) is 19.1 Å². The van der Waals surface area contributed by atoms with E-state index < -0.39 is 0 Å². The second-order valence-corrected chi connectivity index (χ2v) is 4.98. The van der Waals surface area contributed by atoms with Crippen molar-refractivity contribution >= 4 is 11.8 Å². The maximum atomic E-state index is 6.09. The van der Waals surface area contributed by atoms with Crippen LogP contribution in [0.2, 0.25) is 0 Å². The number of methoxy groups -OCH3 is 2. The molecule has 4 heteroatoms. The predicted octanol–water partition coefficient (Wildman–Crippen LogP) is 2.62. The zero-order chi connectivity index (χ0) is 12.3. The number of benzene rings is 1. The SMILES string of the molecule is COc1cc(C(C)(C)N)cc(SC)c1OC. The molecule has 2 N–H and O–H groups in total. The molecule has 0 aliphatic rings. The summed E-state index contributed by atoms with van der Waals surface area (Å²) >= 11 is 1.62. The molecule has 0 amide bonds. The number of thioether (sulfide) groups is 1. The molecular formula is C12H19NO2S. The lowest BCUT2D eigenvalue weighted by atomic mass is 9.95. The molecule has 0 bridgehead atoms. The van der Waals surface area contributed by atoms with Gasteiger partial charge in [-0.1, -0.05) is 0 Å². The summed E-state index contributed by atoms with van der Waals surface area (Å²) in [5.74, 6) is 1.49. The summed E-state index contributed by atoms with van der Waals surface area (Å²) in [6.45, 7) is 3.94. The summed E-state index contributed by atoms with van der Waals surface area (Å²) in [5, 5.41) is 0. The van der Waals surface area contributed by atoms with E-state index in [0.29, 0.717) is 0 Å². The third kappa shape index (κ3) is 2.62. The quantitative estimate of drug-likeness (QED) is 0.823. The summed E-state index contributed by atoms with van der Waals surface area (Å²) in [6.07, 6.45) is 2.00. The van der Waals surface area contributed by atoms with Crippen LogP contribution in [0.15, 0.2) is 17.0 Å². The Morgan fingerprint density at radius 3 is 2.19 bits per heavy atom. The van der Waals surface area contributed by atoms with Gasteiger partial charge in [0, 0.05) is 5.54 Å². The first-order chi connectivity index (χ1) is 7.43. The molecular weight excluding hydrogens is 222 g/mol. The molecule has 1 aromatic rings. The number of hydrogen-bond donors (Lipinski definition) is 1. The van der Waals surface area contributed by atoms with E-state index in [-0.39, 0.29) is 5.54 Å². The molecule has 0 fully saturated rings. The van der Waals surface area contributed by atoms with E-state index in [1.165, 1.54) is 0 Å². The second-order valence-electron chi connectivity index (χ2n) is 4.14. The Morgan fingerprint density at radius 2 is 1.81 bits per heavy atom. The summed E-state index contributed by atoms with van der Waals surface area (Å²) in [5.41, 5.74) is 6.74. The molecule has 0 spiro atoms. The van der Waals surface area contributed by atoms with Gasteiger partial charge in [-0.25, -0.2) is 0 Å². The highest BCUT2D eigenvalue weighted by molar-refractivity contribution is 7.98. The number of ether oxygens (including phenoxy) is 2. The van der Waals surface area contributed by atoms with Crippen molar-refractivity contribution in [2.24, 2.45) is 5.73 Å². The van der Waals surface area contributed by atoms with Gasteiger partial charge in [0.1, 0.15) is 0 Å². The average Bonchev–Trinajstić information content (AvgIpc) is 2.25. The molecule has 1 aromatic carbocycles. The maximum Gasteiger partial charge on any atom is 0.174 e. The summed E-state index contributed by atoms with van der Waals surface area (Å²) in [7, 11) is 3.28. The lowest BCUT2D eigenvalue weighted by molar-refractivity contribution is 0.346. The van der Waals surface area contributed by atoms with Crippen LogP contribution in [0.5, 0.6) is 11.5 Å². The highest BCUT2D eigenvalue weighted by Crippen LogP contribution is 2.39. The van der Waals surface area contributed by atoms with E-state index in [2.05, 4.69) is 0 Å². The number of nitrogens with two attached hydrogens (primary N) is 1. The van der Waals surface area contributed by atoms with E-state index in [9.17, 15) is 0 Å². The number of rotatable bonds is 4. The Balaban J connectivity index is 3.37. The molecule has 0 unspecified atom stereocenters. The van der Waals surface area contributed by atoms with Gasteiger partial charge in [-0.3, -0.25) is 0 Å². The molecule has 16 heavy (non-hydrogen) atoms. The van der Waals surface area contributed by atoms with Crippen molar-refractivity contribution in [2.75, 3.05) is 20.5 Å². The van der Waals surface area contributed by atoms with E-state index >= 15 is 0 Å². The van der Waals surface area contributed by atoms with Gasteiger partial charge in [0.2, 0.25) is 0 Å². The highest BCUT2D eigenvalue weighted by atomic mass is 32.2. The Morgan fingerprint density at radius 1 is 1.19 bits per heavy atom. The fourth-order valence-corrected chi connectivity index (χ4v) is 2.07. The van der Waals surface area contributed by atoms with Gasteiger partial charge in [-0.05, 0) is 37.8 Å². The Kier molecular flexibility index (Phi) is 4.10. The minimum absolute atomic E-state index is 0.385. The van der Waals surface area contributed by atoms with Crippen LogP contribution < -0.4 is 15.2 Å². The average molecular weight is 241 g/mol. The van der Waals surface area contributed by atoms with Crippen LogP contribution in [0.3, 0.4) is 0 Å². The molecule has 0 saturated heterocycles. The predicted molar refractivity (Wildman–Crippen MR) is 68.5 cm³/mol. The van der Waals surface area contributed by atoms with Crippen molar-refractivity contribution in [1.82, 2.24) is 0 Å². The molecule has 90 valence electrons. The van der Waals surface area contributed by atoms with Crippen LogP contribution in [0.25, 0.3) is 0 Å². The third-order valence-corrected chi connectivity index (χ3v) is 3.15. The maximum absolute atomic E-state index is 6.09. The molecule has 0 aliphatic carbocycles. The molecule has 3 nitrogen and oxygen atoms in total. The van der Waals surface area contributed by atoms with E-state index in [1.807, 2.05) is 32.2 Å². The van der Waals surface area contributed by atoms with E-state index in [1.54, 1.807) is 26.0 Å². The first-order valence-electron chi connectivity index (χ1n) is 5.03. The van der Waals surface area contributed by atoms with Gasteiger partial charge in [-0.2, -0.15) is 0 Å². The fourth-order valence-electron chi connectivity index (χ4n) is 1.45. The zero-order valence-electron chi connectivity index (χ0n) is 10.5. The third-order valence-electron chi connectivity index (χ3n) is 2.41. The Bertz CT molecular complexity index is 347. The van der Waals surface area contributed by atoms with Gasteiger partial charge >= 0.3 is 0 Å². The summed E-state index contributed by atoms with van der Waals surface area (Å²) in [6, 6.07) is 3.98. The van der Waals surface area contributed by atoms with Crippen LogP contribution in [0.1, 0.15) is 19.4 Å². The van der Waals surface area contributed by atoms with Gasteiger partial charge < -0.3 is 15.2 Å². The molecule has 1 rings (SSSR count). The van der Waals surface area contributed by atoms with Crippen LogP contribution in [0, 0.1) is 0 Å². The van der Waals surface area contributed by atoms with Crippen molar-refractivity contribution in [1.29, 1.82) is 0 Å². The van der Waals surface area contributed by atoms with Crippen LogP contribution in [0.4, 0.5) is 0 Å². The molecule has 0 saturated carbocycles. The topological polar surface area (TPSA) is 44.5 Å². The molecule has 0 atom stereocenters. The van der Waals surface area contributed by atoms with Crippen LogP contribution >= 0.6 is 11.8 Å². The molecule has 0 aromatic heterocycles. The smallest absolute Gasteiger partial charge is 0.174 e. The van der Waals surface area contributed by atoms with Crippen molar-refractivity contribution < 1.29 is 9.47 Å². The van der Waals surface area contributed by atoms with Gasteiger partial charge in [0.15, 0.2) is 11.5 Å². The second kappa shape index (κ2) is 4.97. The minimum Gasteiger partial charge on any atom is -0.493 e. The van der Waals surface area contributed by atoms with Crippen molar-refractivity contribution in [3.63, 3.8) is 0 Å². The van der Waals surface area contributed by atoms with Crippen molar-refractivity contribution in [3.05, 3.63) is 17.7 Å². The van der Waals surface area contributed by atoms with Crippen LogP contribution in [-0.2, 0) is 5.54 Å². The van der Waals surface area contributed by atoms with Gasteiger partial charge in [0.25, 0.3) is 0 Å². The number of hydrogen-bond acceptors (Lipinski definition) is 4. The fraction of sp³-hybridized carbons (Fsp3) is 0.500. The van der Waals surface area contributed by atoms with E-state index in [0.717, 1.165) is 22.0 Å². The van der Waals surface area contributed by atoms with E-state index in [4.69, 9.17) is 15.2 Å². The first-order valence-corrected chi connectivity index (χ1v) is 6.26. The van der Waals surface area contributed by atoms with Crippen molar-refractivity contribution in [2.45, 2.75) is 24.3 Å². The zero-order valence-corrected chi connectivity index (χ0v) is 11.3. The highest BCUT2D eigenvalue weighted by Gasteiger charge is 2.19. The molecule has 0 heterocycles. The van der Waals surface area contributed by atoms with Crippen molar-refractivity contribution in [3.8, 4) is 11.5 Å². The Labute approximate surface area is 101 Å². The standard InChI is InChI=1S/C12H19NO2S/c1-12(2,13)8-6-9(14-3)11(15-4)10(7-8)16-5/h6-7H,13H2,1-5H3.